The Hall–Kier alpha value is -0.840. The lowest BCUT2D eigenvalue weighted by Crippen LogP contribution is -2.22. The van der Waals surface area contributed by atoms with Crippen LogP contribution in [0.1, 0.15) is 19.4 Å². The van der Waals surface area contributed by atoms with Gasteiger partial charge in [0, 0.05) is 27.5 Å². The molecule has 102 valence electrons. The van der Waals surface area contributed by atoms with Crippen molar-refractivity contribution in [2.75, 3.05) is 7.11 Å². The third kappa shape index (κ3) is 3.59. The molecule has 0 spiro atoms. The molecule has 1 aromatic carbocycles. The minimum absolute atomic E-state index is 0.460. The highest BCUT2D eigenvalue weighted by Gasteiger charge is 2.09. The molecule has 0 atom stereocenters. The van der Waals surface area contributed by atoms with E-state index in [1.165, 1.54) is 16.0 Å². The van der Waals surface area contributed by atoms with Gasteiger partial charge < -0.3 is 10.1 Å². The van der Waals surface area contributed by atoms with Crippen molar-refractivity contribution in [1.82, 2.24) is 5.32 Å². The summed E-state index contributed by atoms with van der Waals surface area (Å²) in [6, 6.07) is 8.88. The maximum atomic E-state index is 5.43. The number of hydrogen-bond donors (Lipinski definition) is 1. The first-order valence-electron chi connectivity index (χ1n) is 6.25. The quantitative estimate of drug-likeness (QED) is 0.853. The summed E-state index contributed by atoms with van der Waals surface area (Å²) in [7, 11) is 1.72. The Bertz CT molecular complexity index is 551. The van der Waals surface area contributed by atoms with Gasteiger partial charge in [-0.15, -0.1) is 11.3 Å². The predicted octanol–water partition coefficient (Wildman–Crippen LogP) is 4.68. The number of ether oxygens (including phenoxy) is 1. The topological polar surface area (TPSA) is 21.3 Å². The molecular weight excluding hydrogens is 322 g/mol. The van der Waals surface area contributed by atoms with Crippen molar-refractivity contribution in [2.24, 2.45) is 0 Å². The van der Waals surface area contributed by atoms with Crippen LogP contribution >= 0.6 is 27.3 Å². The summed E-state index contributed by atoms with van der Waals surface area (Å²) >= 11 is 5.33. The van der Waals surface area contributed by atoms with Gasteiger partial charge in [-0.3, -0.25) is 0 Å². The van der Waals surface area contributed by atoms with Crippen LogP contribution in [-0.2, 0) is 6.54 Å². The Morgan fingerprint density at radius 1 is 1.32 bits per heavy atom. The van der Waals surface area contributed by atoms with Gasteiger partial charge in [-0.05, 0) is 51.1 Å². The summed E-state index contributed by atoms with van der Waals surface area (Å²) in [6.07, 6.45) is 0. The molecule has 2 rings (SSSR count). The number of thiophene rings is 1. The minimum Gasteiger partial charge on any atom is -0.496 e. The van der Waals surface area contributed by atoms with Gasteiger partial charge in [0.1, 0.15) is 5.75 Å². The Morgan fingerprint density at radius 3 is 2.68 bits per heavy atom. The van der Waals surface area contributed by atoms with E-state index in [0.29, 0.717) is 6.04 Å². The summed E-state index contributed by atoms with van der Waals surface area (Å²) in [5, 5.41) is 5.53. The Morgan fingerprint density at radius 2 is 2.11 bits per heavy atom. The second-order valence-electron chi connectivity index (χ2n) is 4.66. The summed E-state index contributed by atoms with van der Waals surface area (Å²) in [5.74, 6) is 0.935. The highest BCUT2D eigenvalue weighted by Crippen LogP contribution is 2.35. The molecule has 0 fully saturated rings. The van der Waals surface area contributed by atoms with Crippen LogP contribution in [0.4, 0.5) is 0 Å². The molecule has 1 N–H and O–H groups in total. The van der Waals surface area contributed by atoms with Crippen LogP contribution in [0, 0.1) is 0 Å². The minimum atomic E-state index is 0.460. The molecule has 1 aromatic heterocycles. The standard InChI is InChI=1S/C15H18BrNOS/c1-10(2)17-9-12-8-11(4-5-14(12)18-3)15-13(16)6-7-19-15/h4-8,10,17H,9H2,1-3H3. The molecule has 0 bridgehead atoms. The monoisotopic (exact) mass is 339 g/mol. The van der Waals surface area contributed by atoms with E-state index < -0.39 is 0 Å². The first-order chi connectivity index (χ1) is 9.11. The number of hydrogen-bond acceptors (Lipinski definition) is 3. The molecule has 0 aliphatic heterocycles. The normalized spacial score (nSPS) is 11.0. The van der Waals surface area contributed by atoms with E-state index in [1.807, 2.05) is 6.07 Å². The van der Waals surface area contributed by atoms with E-state index in [2.05, 4.69) is 58.7 Å². The summed E-state index contributed by atoms with van der Waals surface area (Å²) in [5.41, 5.74) is 2.41. The fourth-order valence-corrected chi connectivity index (χ4v) is 3.47. The number of methoxy groups -OCH3 is 1. The van der Waals surface area contributed by atoms with E-state index in [4.69, 9.17) is 4.74 Å². The van der Waals surface area contributed by atoms with E-state index in [-0.39, 0.29) is 0 Å². The zero-order valence-corrected chi connectivity index (χ0v) is 13.8. The lowest BCUT2D eigenvalue weighted by Gasteiger charge is -2.13. The van der Waals surface area contributed by atoms with Crippen molar-refractivity contribution in [3.63, 3.8) is 0 Å². The molecule has 0 aliphatic carbocycles. The fraction of sp³-hybridized carbons (Fsp3) is 0.333. The van der Waals surface area contributed by atoms with Crippen molar-refractivity contribution in [3.05, 3.63) is 39.7 Å². The molecule has 2 aromatic rings. The zero-order chi connectivity index (χ0) is 13.8. The first-order valence-corrected chi connectivity index (χ1v) is 7.92. The van der Waals surface area contributed by atoms with E-state index in [9.17, 15) is 0 Å². The molecule has 0 saturated carbocycles. The third-order valence-corrected chi connectivity index (χ3v) is 4.75. The van der Waals surface area contributed by atoms with Crippen LogP contribution in [-0.4, -0.2) is 13.2 Å². The highest BCUT2D eigenvalue weighted by atomic mass is 79.9. The Balaban J connectivity index is 2.32. The summed E-state index contributed by atoms with van der Waals surface area (Å²) < 4.78 is 6.58. The van der Waals surface area contributed by atoms with Crippen LogP contribution in [0.25, 0.3) is 10.4 Å². The van der Waals surface area contributed by atoms with Crippen molar-refractivity contribution in [1.29, 1.82) is 0 Å². The summed E-state index contributed by atoms with van der Waals surface area (Å²) in [6.45, 7) is 5.11. The van der Waals surface area contributed by atoms with Gasteiger partial charge in [0.25, 0.3) is 0 Å². The van der Waals surface area contributed by atoms with Gasteiger partial charge in [0.05, 0.1) is 7.11 Å². The average Bonchev–Trinajstić information content (AvgIpc) is 2.82. The molecule has 0 amide bonds. The number of benzene rings is 1. The molecule has 4 heteroatoms. The van der Waals surface area contributed by atoms with E-state index in [0.717, 1.165) is 16.8 Å². The highest BCUT2D eigenvalue weighted by molar-refractivity contribution is 9.10. The first kappa shape index (κ1) is 14.6. The van der Waals surface area contributed by atoms with Gasteiger partial charge in [0.2, 0.25) is 0 Å². The molecule has 0 radical (unpaired) electrons. The average molecular weight is 340 g/mol. The Kier molecular flexibility index (Phi) is 5.02. The maximum Gasteiger partial charge on any atom is 0.123 e. The molecule has 0 unspecified atom stereocenters. The molecule has 0 saturated heterocycles. The van der Waals surface area contributed by atoms with Crippen molar-refractivity contribution < 1.29 is 4.74 Å². The van der Waals surface area contributed by atoms with Gasteiger partial charge in [-0.2, -0.15) is 0 Å². The van der Waals surface area contributed by atoms with E-state index >= 15 is 0 Å². The maximum absolute atomic E-state index is 5.43. The van der Waals surface area contributed by atoms with Crippen molar-refractivity contribution in [3.8, 4) is 16.2 Å². The SMILES string of the molecule is COc1ccc(-c2sccc2Br)cc1CNC(C)C. The third-order valence-electron chi connectivity index (χ3n) is 2.86. The fourth-order valence-electron chi connectivity index (χ4n) is 1.87. The number of rotatable bonds is 5. The Labute approximate surface area is 126 Å². The van der Waals surface area contributed by atoms with Crippen LogP contribution < -0.4 is 10.1 Å². The lowest BCUT2D eigenvalue weighted by molar-refractivity contribution is 0.406. The smallest absolute Gasteiger partial charge is 0.123 e. The molecule has 0 aliphatic rings. The molecule has 1 heterocycles. The van der Waals surface area contributed by atoms with Gasteiger partial charge in [-0.25, -0.2) is 0 Å². The van der Waals surface area contributed by atoms with Crippen molar-refractivity contribution in [2.45, 2.75) is 26.4 Å². The number of halogens is 1. The second-order valence-corrected chi connectivity index (χ2v) is 6.43. The second kappa shape index (κ2) is 6.55. The zero-order valence-electron chi connectivity index (χ0n) is 11.4. The summed E-state index contributed by atoms with van der Waals surface area (Å²) in [4.78, 5) is 1.26. The molecule has 2 nitrogen and oxygen atoms in total. The lowest BCUT2D eigenvalue weighted by atomic mass is 10.1. The van der Waals surface area contributed by atoms with Crippen LogP contribution in [0.2, 0.25) is 0 Å². The van der Waals surface area contributed by atoms with Crippen LogP contribution in [0.15, 0.2) is 34.1 Å². The van der Waals surface area contributed by atoms with E-state index in [1.54, 1.807) is 18.4 Å². The largest absolute Gasteiger partial charge is 0.496 e. The predicted molar refractivity (Wildman–Crippen MR) is 86.0 cm³/mol. The van der Waals surface area contributed by atoms with Gasteiger partial charge >= 0.3 is 0 Å². The number of nitrogens with one attached hydrogen (secondary N) is 1. The van der Waals surface area contributed by atoms with Gasteiger partial charge in [0.15, 0.2) is 0 Å². The van der Waals surface area contributed by atoms with Crippen LogP contribution in [0.5, 0.6) is 5.75 Å². The molecule has 19 heavy (non-hydrogen) atoms. The molecular formula is C15H18BrNOS. The van der Waals surface area contributed by atoms with Crippen LogP contribution in [0.3, 0.4) is 0 Å². The van der Waals surface area contributed by atoms with Gasteiger partial charge in [-0.1, -0.05) is 13.8 Å². The van der Waals surface area contributed by atoms with Crippen molar-refractivity contribution >= 4 is 27.3 Å².